The summed E-state index contributed by atoms with van der Waals surface area (Å²) in [7, 11) is 1.91. The number of aromatic nitrogens is 2. The van der Waals surface area contributed by atoms with Gasteiger partial charge in [-0.1, -0.05) is 15.9 Å². The Labute approximate surface area is 109 Å². The van der Waals surface area contributed by atoms with Crippen molar-refractivity contribution in [2.24, 2.45) is 12.8 Å². The molecule has 0 aliphatic rings. The predicted octanol–water partition coefficient (Wildman–Crippen LogP) is 2.64. The maximum atomic E-state index is 5.63. The van der Waals surface area contributed by atoms with Gasteiger partial charge in [-0.25, -0.2) is 0 Å². The summed E-state index contributed by atoms with van der Waals surface area (Å²) in [6.45, 7) is 0.522. The van der Waals surface area contributed by atoms with E-state index in [0.29, 0.717) is 6.54 Å². The SMILES string of the molecule is Cl.Cl.Cn1nc2cc(Br)ccc2c1CN. The molecule has 84 valence electrons. The molecule has 15 heavy (non-hydrogen) atoms. The number of rotatable bonds is 1. The lowest BCUT2D eigenvalue weighted by molar-refractivity contribution is 0.722. The third-order valence-corrected chi connectivity index (χ3v) is 2.61. The Bertz CT molecular complexity index is 456. The molecule has 0 aliphatic carbocycles. The van der Waals surface area contributed by atoms with Crippen molar-refractivity contribution in [3.63, 3.8) is 0 Å². The highest BCUT2D eigenvalue weighted by molar-refractivity contribution is 9.10. The average molecular weight is 313 g/mol. The highest BCUT2D eigenvalue weighted by Crippen LogP contribution is 2.21. The van der Waals surface area contributed by atoms with Gasteiger partial charge in [0, 0.05) is 23.5 Å². The number of aryl methyl sites for hydroxylation is 1. The Kier molecular flexibility index (Phi) is 5.59. The predicted molar refractivity (Wildman–Crippen MR) is 70.8 cm³/mol. The van der Waals surface area contributed by atoms with E-state index in [1.54, 1.807) is 0 Å². The average Bonchev–Trinajstić information content (AvgIpc) is 2.39. The first kappa shape index (κ1) is 14.7. The first-order valence-electron chi connectivity index (χ1n) is 4.03. The van der Waals surface area contributed by atoms with Gasteiger partial charge in [0.25, 0.3) is 0 Å². The third-order valence-electron chi connectivity index (χ3n) is 2.11. The standard InChI is InChI=1S/C9H10BrN3.2ClH/c1-13-9(5-11)7-3-2-6(10)4-8(7)12-13;;/h2-4H,5,11H2,1H3;2*1H. The molecule has 0 radical (unpaired) electrons. The molecule has 1 heterocycles. The van der Waals surface area contributed by atoms with Crippen LogP contribution in [0.4, 0.5) is 0 Å². The van der Waals surface area contributed by atoms with Crippen molar-refractivity contribution >= 4 is 51.6 Å². The lowest BCUT2D eigenvalue weighted by atomic mass is 10.2. The van der Waals surface area contributed by atoms with E-state index in [2.05, 4.69) is 21.0 Å². The number of nitrogens with zero attached hydrogens (tertiary/aromatic N) is 2. The second-order valence-corrected chi connectivity index (χ2v) is 3.85. The minimum Gasteiger partial charge on any atom is -0.325 e. The van der Waals surface area contributed by atoms with Gasteiger partial charge in [0.2, 0.25) is 0 Å². The van der Waals surface area contributed by atoms with Crippen molar-refractivity contribution in [2.45, 2.75) is 6.54 Å². The summed E-state index contributed by atoms with van der Waals surface area (Å²) in [6.07, 6.45) is 0. The van der Waals surface area contributed by atoms with Crippen LogP contribution < -0.4 is 5.73 Å². The zero-order valence-electron chi connectivity index (χ0n) is 8.11. The third kappa shape index (κ3) is 2.64. The number of hydrogen-bond acceptors (Lipinski definition) is 2. The zero-order valence-corrected chi connectivity index (χ0v) is 11.3. The zero-order chi connectivity index (χ0) is 9.42. The van der Waals surface area contributed by atoms with Gasteiger partial charge < -0.3 is 5.73 Å². The lowest BCUT2D eigenvalue weighted by Crippen LogP contribution is -2.04. The molecule has 1 aromatic carbocycles. The first-order valence-corrected chi connectivity index (χ1v) is 4.83. The normalized spacial score (nSPS) is 9.53. The Morgan fingerprint density at radius 2 is 2.07 bits per heavy atom. The fourth-order valence-electron chi connectivity index (χ4n) is 1.47. The van der Waals surface area contributed by atoms with E-state index in [9.17, 15) is 0 Å². The largest absolute Gasteiger partial charge is 0.325 e. The minimum absolute atomic E-state index is 0. The van der Waals surface area contributed by atoms with Crippen LogP contribution >= 0.6 is 40.7 Å². The molecule has 0 unspecified atom stereocenters. The number of halogens is 3. The summed E-state index contributed by atoms with van der Waals surface area (Å²) in [5, 5.41) is 5.48. The van der Waals surface area contributed by atoms with Crippen molar-refractivity contribution in [3.8, 4) is 0 Å². The topological polar surface area (TPSA) is 43.8 Å². The minimum atomic E-state index is 0. The summed E-state index contributed by atoms with van der Waals surface area (Å²) < 4.78 is 2.87. The highest BCUT2D eigenvalue weighted by Gasteiger charge is 2.06. The van der Waals surface area contributed by atoms with Crippen LogP contribution in [0.15, 0.2) is 22.7 Å². The van der Waals surface area contributed by atoms with Crippen molar-refractivity contribution in [1.29, 1.82) is 0 Å². The van der Waals surface area contributed by atoms with Crippen molar-refractivity contribution < 1.29 is 0 Å². The molecule has 6 heteroatoms. The molecule has 0 bridgehead atoms. The molecule has 2 aromatic rings. The Morgan fingerprint density at radius 3 is 2.67 bits per heavy atom. The molecule has 0 amide bonds. The molecule has 0 spiro atoms. The monoisotopic (exact) mass is 311 g/mol. The summed E-state index contributed by atoms with van der Waals surface area (Å²) in [5.41, 5.74) is 7.68. The Hall–Kier alpha value is -0.290. The molecular weight excluding hydrogens is 301 g/mol. The van der Waals surface area contributed by atoms with Crippen LogP contribution in [0.5, 0.6) is 0 Å². The fourth-order valence-corrected chi connectivity index (χ4v) is 1.82. The van der Waals surface area contributed by atoms with Crippen molar-refractivity contribution in [1.82, 2.24) is 9.78 Å². The van der Waals surface area contributed by atoms with Crippen LogP contribution in [0.3, 0.4) is 0 Å². The van der Waals surface area contributed by atoms with E-state index in [-0.39, 0.29) is 24.8 Å². The van der Waals surface area contributed by atoms with Gasteiger partial charge in [-0.05, 0) is 18.2 Å². The van der Waals surface area contributed by atoms with E-state index in [0.717, 1.165) is 21.1 Å². The molecule has 0 aliphatic heterocycles. The van der Waals surface area contributed by atoms with Gasteiger partial charge in [-0.2, -0.15) is 5.10 Å². The molecule has 1 aromatic heterocycles. The van der Waals surface area contributed by atoms with Crippen molar-refractivity contribution in [2.75, 3.05) is 0 Å². The molecule has 2 N–H and O–H groups in total. The molecule has 0 saturated heterocycles. The number of benzene rings is 1. The number of hydrogen-bond donors (Lipinski definition) is 1. The number of fused-ring (bicyclic) bond motifs is 1. The van der Waals surface area contributed by atoms with Gasteiger partial charge in [0.05, 0.1) is 11.2 Å². The fraction of sp³-hybridized carbons (Fsp3) is 0.222. The van der Waals surface area contributed by atoms with E-state index in [1.165, 1.54) is 0 Å². The molecular formula is C9H12BrCl2N3. The summed E-state index contributed by atoms with van der Waals surface area (Å²) in [4.78, 5) is 0. The van der Waals surface area contributed by atoms with Crippen LogP contribution in [-0.2, 0) is 13.6 Å². The van der Waals surface area contributed by atoms with E-state index < -0.39 is 0 Å². The van der Waals surface area contributed by atoms with Gasteiger partial charge in [0.15, 0.2) is 0 Å². The molecule has 2 rings (SSSR count). The highest BCUT2D eigenvalue weighted by atomic mass is 79.9. The van der Waals surface area contributed by atoms with E-state index in [1.807, 2.05) is 29.9 Å². The molecule has 3 nitrogen and oxygen atoms in total. The maximum absolute atomic E-state index is 5.63. The second kappa shape index (κ2) is 5.70. The van der Waals surface area contributed by atoms with Crippen molar-refractivity contribution in [3.05, 3.63) is 28.4 Å². The van der Waals surface area contributed by atoms with Gasteiger partial charge >= 0.3 is 0 Å². The summed E-state index contributed by atoms with van der Waals surface area (Å²) in [5.74, 6) is 0. The quantitative estimate of drug-likeness (QED) is 0.879. The smallest absolute Gasteiger partial charge is 0.0937 e. The van der Waals surface area contributed by atoms with Crippen LogP contribution in [0.25, 0.3) is 10.9 Å². The summed E-state index contributed by atoms with van der Waals surface area (Å²) in [6, 6.07) is 6.03. The lowest BCUT2D eigenvalue weighted by Gasteiger charge is -1.96. The van der Waals surface area contributed by atoms with Gasteiger partial charge in [-0.15, -0.1) is 24.8 Å². The van der Waals surface area contributed by atoms with Gasteiger partial charge in [0.1, 0.15) is 0 Å². The van der Waals surface area contributed by atoms with Crippen LogP contribution in [0.1, 0.15) is 5.69 Å². The Morgan fingerprint density at radius 1 is 1.40 bits per heavy atom. The van der Waals surface area contributed by atoms with Crippen LogP contribution in [0.2, 0.25) is 0 Å². The van der Waals surface area contributed by atoms with Gasteiger partial charge in [-0.3, -0.25) is 4.68 Å². The molecule has 0 saturated carbocycles. The molecule has 0 fully saturated rings. The number of nitrogens with two attached hydrogens (primary N) is 1. The Balaban J connectivity index is 0.000000980. The van der Waals surface area contributed by atoms with Crippen LogP contribution in [0, 0.1) is 0 Å². The summed E-state index contributed by atoms with van der Waals surface area (Å²) >= 11 is 3.41. The van der Waals surface area contributed by atoms with Crippen LogP contribution in [-0.4, -0.2) is 9.78 Å². The van der Waals surface area contributed by atoms with E-state index in [4.69, 9.17) is 5.73 Å². The second-order valence-electron chi connectivity index (χ2n) is 2.94. The molecule has 0 atom stereocenters. The van der Waals surface area contributed by atoms with E-state index >= 15 is 0 Å². The maximum Gasteiger partial charge on any atom is 0.0937 e. The first-order chi connectivity index (χ1) is 6.22.